The number of ether oxygens (including phenoxy) is 1. The highest BCUT2D eigenvalue weighted by Gasteiger charge is 2.11. The fourth-order valence-electron chi connectivity index (χ4n) is 2.77. The first kappa shape index (κ1) is 18.4. The summed E-state index contributed by atoms with van der Waals surface area (Å²) in [5, 5.41) is 10.2. The molecule has 5 nitrogen and oxygen atoms in total. The summed E-state index contributed by atoms with van der Waals surface area (Å²) in [6.07, 6.45) is 1.65. The lowest BCUT2D eigenvalue weighted by Crippen LogP contribution is -1.84. The monoisotopic (exact) mass is 453 g/mol. The minimum absolute atomic E-state index is 0.366. The molecule has 0 atom stereocenters. The van der Waals surface area contributed by atoms with Crippen LogP contribution in [0.4, 0.5) is 0 Å². The van der Waals surface area contributed by atoms with Crippen LogP contribution < -0.4 is 4.74 Å². The number of rotatable bonds is 4. The Morgan fingerprint density at radius 3 is 2.86 bits per heavy atom. The van der Waals surface area contributed by atoms with Gasteiger partial charge in [-0.1, -0.05) is 17.7 Å². The van der Waals surface area contributed by atoms with Crippen LogP contribution >= 0.6 is 27.5 Å². The van der Waals surface area contributed by atoms with E-state index in [0.29, 0.717) is 33.7 Å². The van der Waals surface area contributed by atoms with E-state index in [2.05, 4.69) is 32.0 Å². The van der Waals surface area contributed by atoms with Gasteiger partial charge >= 0.3 is 0 Å². The Bertz CT molecular complexity index is 1250. The van der Waals surface area contributed by atoms with Crippen LogP contribution in [0.1, 0.15) is 11.6 Å². The second-order valence-electron chi connectivity index (χ2n) is 5.97. The molecular formula is C21H13BrClN3O2. The van der Waals surface area contributed by atoms with Gasteiger partial charge in [0, 0.05) is 22.2 Å². The maximum Gasteiger partial charge on any atom is 0.149 e. The van der Waals surface area contributed by atoms with Gasteiger partial charge in [0.15, 0.2) is 0 Å². The number of imidazole rings is 1. The Labute approximate surface area is 174 Å². The van der Waals surface area contributed by atoms with E-state index >= 15 is 0 Å². The van der Waals surface area contributed by atoms with E-state index < -0.39 is 0 Å². The minimum Gasteiger partial charge on any atom is -0.497 e. The molecule has 0 fully saturated rings. The maximum absolute atomic E-state index is 9.59. The van der Waals surface area contributed by atoms with Crippen molar-refractivity contribution in [1.29, 1.82) is 5.26 Å². The number of fused-ring (bicyclic) bond motifs is 1. The van der Waals surface area contributed by atoms with Gasteiger partial charge in [0.1, 0.15) is 29.2 Å². The summed E-state index contributed by atoms with van der Waals surface area (Å²) >= 11 is 9.52. The number of nitrogens with zero attached hydrogens (tertiary/aromatic N) is 2. The second kappa shape index (κ2) is 7.55. The molecule has 2 aromatic heterocycles. The van der Waals surface area contributed by atoms with Crippen LogP contribution in [-0.2, 0) is 0 Å². The van der Waals surface area contributed by atoms with Crippen molar-refractivity contribution in [2.45, 2.75) is 0 Å². The van der Waals surface area contributed by atoms with Gasteiger partial charge in [0.2, 0.25) is 0 Å². The molecule has 4 aromatic rings. The maximum atomic E-state index is 9.59. The zero-order chi connectivity index (χ0) is 19.7. The van der Waals surface area contributed by atoms with Crippen LogP contribution in [0.5, 0.6) is 5.75 Å². The fraction of sp³-hybridized carbons (Fsp3) is 0.0476. The van der Waals surface area contributed by atoms with Crippen molar-refractivity contribution in [1.82, 2.24) is 9.97 Å². The van der Waals surface area contributed by atoms with Gasteiger partial charge in [-0.05, 0) is 52.3 Å². The molecule has 138 valence electrons. The second-order valence-corrected chi connectivity index (χ2v) is 7.23. The lowest BCUT2D eigenvalue weighted by Gasteiger charge is -2.00. The molecule has 1 N–H and O–H groups in total. The number of halogens is 2. The standard InChI is InChI=1S/C21H13BrClN3O2/c1-27-14-3-6-18-19(10-14)26-21(25-18)13(11-24)8-15-4-7-20(28-15)12-2-5-16(22)17(23)9-12/h2-10H,1H3,(H,25,26). The highest BCUT2D eigenvalue weighted by Crippen LogP contribution is 2.31. The molecule has 0 aliphatic rings. The van der Waals surface area contributed by atoms with Gasteiger partial charge in [-0.15, -0.1) is 0 Å². The molecule has 4 rings (SSSR count). The Morgan fingerprint density at radius 1 is 1.25 bits per heavy atom. The normalized spacial score (nSPS) is 11.6. The van der Waals surface area contributed by atoms with Crippen LogP contribution in [0, 0.1) is 11.3 Å². The average Bonchev–Trinajstić information content (AvgIpc) is 3.34. The molecule has 0 aliphatic carbocycles. The number of H-pyrrole nitrogens is 1. The van der Waals surface area contributed by atoms with E-state index in [0.717, 1.165) is 21.1 Å². The molecule has 7 heteroatoms. The van der Waals surface area contributed by atoms with Crippen molar-refractivity contribution in [3.05, 3.63) is 69.6 Å². The zero-order valence-electron chi connectivity index (χ0n) is 14.7. The van der Waals surface area contributed by atoms with Crippen molar-refractivity contribution in [2.75, 3.05) is 7.11 Å². The number of hydrogen-bond donors (Lipinski definition) is 1. The molecule has 2 aromatic carbocycles. The van der Waals surface area contributed by atoms with Crippen LogP contribution in [0.15, 0.2) is 57.4 Å². The summed E-state index contributed by atoms with van der Waals surface area (Å²) in [5.74, 6) is 2.39. The molecular weight excluding hydrogens is 442 g/mol. The largest absolute Gasteiger partial charge is 0.497 e. The molecule has 0 spiro atoms. The summed E-state index contributed by atoms with van der Waals surface area (Å²) < 4.78 is 11.9. The molecule has 0 bridgehead atoms. The molecule has 0 aliphatic heterocycles. The first-order valence-electron chi connectivity index (χ1n) is 8.28. The van der Waals surface area contributed by atoms with E-state index in [1.54, 1.807) is 19.3 Å². The number of furan rings is 1. The van der Waals surface area contributed by atoms with E-state index in [1.807, 2.05) is 42.5 Å². The molecule has 0 amide bonds. The van der Waals surface area contributed by atoms with Crippen molar-refractivity contribution < 1.29 is 9.15 Å². The van der Waals surface area contributed by atoms with Gasteiger partial charge in [-0.3, -0.25) is 0 Å². The number of aromatic nitrogens is 2. The van der Waals surface area contributed by atoms with Gasteiger partial charge < -0.3 is 14.1 Å². The van der Waals surface area contributed by atoms with Crippen molar-refractivity contribution >= 4 is 50.2 Å². The predicted octanol–water partition coefficient (Wildman–Crippen LogP) is 6.31. The predicted molar refractivity (Wildman–Crippen MR) is 113 cm³/mol. The van der Waals surface area contributed by atoms with E-state index in [4.69, 9.17) is 20.8 Å². The minimum atomic E-state index is 0.366. The van der Waals surface area contributed by atoms with E-state index in [9.17, 15) is 5.26 Å². The molecule has 0 radical (unpaired) electrons. The molecule has 0 unspecified atom stereocenters. The summed E-state index contributed by atoms with van der Waals surface area (Å²) in [4.78, 5) is 7.62. The van der Waals surface area contributed by atoms with E-state index in [-0.39, 0.29) is 0 Å². The van der Waals surface area contributed by atoms with E-state index in [1.165, 1.54) is 0 Å². The quantitative estimate of drug-likeness (QED) is 0.367. The number of nitriles is 1. The highest BCUT2D eigenvalue weighted by atomic mass is 79.9. The van der Waals surface area contributed by atoms with Gasteiger partial charge in [0.25, 0.3) is 0 Å². The Morgan fingerprint density at radius 2 is 2.11 bits per heavy atom. The molecule has 2 heterocycles. The lowest BCUT2D eigenvalue weighted by atomic mass is 10.2. The Balaban J connectivity index is 1.68. The number of nitrogens with one attached hydrogen (secondary N) is 1. The van der Waals surface area contributed by atoms with Crippen molar-refractivity contribution in [3.8, 4) is 23.1 Å². The Hall–Kier alpha value is -3.01. The number of benzene rings is 2. The number of aromatic amines is 1. The van der Waals surface area contributed by atoms with Crippen molar-refractivity contribution in [2.24, 2.45) is 0 Å². The number of methoxy groups -OCH3 is 1. The third kappa shape index (κ3) is 3.55. The van der Waals surface area contributed by atoms with Gasteiger partial charge in [-0.2, -0.15) is 5.26 Å². The zero-order valence-corrected chi connectivity index (χ0v) is 17.0. The SMILES string of the molecule is COc1ccc2nc(C(C#N)=Cc3ccc(-c4ccc(Br)c(Cl)c4)o3)[nH]c2c1. The summed E-state index contributed by atoms with van der Waals surface area (Å²) in [7, 11) is 1.60. The van der Waals surface area contributed by atoms with Gasteiger partial charge in [0.05, 0.1) is 28.7 Å². The third-order valence-electron chi connectivity index (χ3n) is 4.18. The summed E-state index contributed by atoms with van der Waals surface area (Å²) in [5.41, 5.74) is 2.76. The van der Waals surface area contributed by atoms with Crippen LogP contribution in [0.25, 0.3) is 34.0 Å². The topological polar surface area (TPSA) is 74.8 Å². The van der Waals surface area contributed by atoms with Crippen LogP contribution in [0.3, 0.4) is 0 Å². The summed E-state index contributed by atoms with van der Waals surface area (Å²) in [6, 6.07) is 16.9. The first-order chi connectivity index (χ1) is 13.6. The number of hydrogen-bond acceptors (Lipinski definition) is 4. The van der Waals surface area contributed by atoms with Crippen LogP contribution in [0.2, 0.25) is 5.02 Å². The lowest BCUT2D eigenvalue weighted by molar-refractivity contribution is 0.415. The average molecular weight is 455 g/mol. The smallest absolute Gasteiger partial charge is 0.149 e. The van der Waals surface area contributed by atoms with Gasteiger partial charge in [-0.25, -0.2) is 4.98 Å². The van der Waals surface area contributed by atoms with Crippen LogP contribution in [-0.4, -0.2) is 17.1 Å². The summed E-state index contributed by atoms with van der Waals surface area (Å²) in [6.45, 7) is 0. The molecule has 0 saturated carbocycles. The molecule has 0 saturated heterocycles. The van der Waals surface area contributed by atoms with Crippen molar-refractivity contribution in [3.63, 3.8) is 0 Å². The highest BCUT2D eigenvalue weighted by molar-refractivity contribution is 9.10. The third-order valence-corrected chi connectivity index (χ3v) is 5.41. The molecule has 28 heavy (non-hydrogen) atoms. The Kier molecular flexibility index (Phi) is 4.95. The fourth-order valence-corrected chi connectivity index (χ4v) is 3.20. The first-order valence-corrected chi connectivity index (χ1v) is 9.45. The number of allylic oxidation sites excluding steroid dienone is 1.